The van der Waals surface area contributed by atoms with Crippen LogP contribution >= 0.6 is 0 Å². The maximum absolute atomic E-state index is 14.5. The number of amides is 3. The predicted octanol–water partition coefficient (Wildman–Crippen LogP) is 2.78. The molecule has 2 aromatic rings. The highest BCUT2D eigenvalue weighted by Crippen LogP contribution is 2.54. The van der Waals surface area contributed by atoms with Gasteiger partial charge >= 0.3 is 0 Å². The van der Waals surface area contributed by atoms with Crippen molar-refractivity contribution >= 4 is 17.7 Å². The van der Waals surface area contributed by atoms with E-state index in [0.29, 0.717) is 26.2 Å². The van der Waals surface area contributed by atoms with E-state index in [2.05, 4.69) is 0 Å². The Morgan fingerprint density at radius 1 is 0.854 bits per heavy atom. The molecule has 2 saturated heterocycles. The Labute approximate surface area is 240 Å². The third-order valence-electron chi connectivity index (χ3n) is 9.01. The molecule has 0 aliphatic carbocycles. The molecule has 1 N–H and O–H groups in total. The first-order valence-electron chi connectivity index (χ1n) is 14.5. The van der Waals surface area contributed by atoms with Crippen molar-refractivity contribution in [2.24, 2.45) is 17.8 Å². The van der Waals surface area contributed by atoms with Crippen LogP contribution in [0.15, 0.2) is 85.0 Å². The maximum atomic E-state index is 14.5. The van der Waals surface area contributed by atoms with Crippen molar-refractivity contribution in [3.63, 3.8) is 0 Å². The van der Waals surface area contributed by atoms with Crippen LogP contribution < -0.4 is 0 Å². The topological polar surface area (TPSA) is 90.4 Å². The summed E-state index contributed by atoms with van der Waals surface area (Å²) < 4.78 is 6.74. The molecule has 0 bridgehead atoms. The number of hydrogen-bond acceptors (Lipinski definition) is 5. The molecule has 1 unspecified atom stereocenters. The monoisotopic (exact) mass is 555 g/mol. The van der Waals surface area contributed by atoms with Gasteiger partial charge in [0.25, 0.3) is 0 Å². The largest absolute Gasteiger partial charge is 0.394 e. The van der Waals surface area contributed by atoms with E-state index in [1.165, 1.54) is 0 Å². The van der Waals surface area contributed by atoms with Gasteiger partial charge in [0, 0.05) is 26.2 Å². The minimum absolute atomic E-state index is 0.113. The number of likely N-dealkylation sites (tertiary alicyclic amines) is 1. The van der Waals surface area contributed by atoms with Crippen molar-refractivity contribution in [2.45, 2.75) is 50.7 Å². The van der Waals surface area contributed by atoms with Crippen LogP contribution in [0, 0.1) is 17.8 Å². The average Bonchev–Trinajstić information content (AvgIpc) is 3.29. The predicted molar refractivity (Wildman–Crippen MR) is 153 cm³/mol. The number of aliphatic hydroxyl groups excluding tert-OH is 1. The molecule has 41 heavy (non-hydrogen) atoms. The van der Waals surface area contributed by atoms with E-state index >= 15 is 0 Å². The van der Waals surface area contributed by atoms with Crippen molar-refractivity contribution in [3.8, 4) is 0 Å². The molecule has 4 aliphatic heterocycles. The molecular weight excluding hydrogens is 518 g/mol. The van der Waals surface area contributed by atoms with Crippen molar-refractivity contribution in [1.82, 2.24) is 14.7 Å². The number of carbonyl (C=O) groups excluding carboxylic acids is 3. The molecule has 1 spiro atoms. The second-order valence-electron chi connectivity index (χ2n) is 11.8. The van der Waals surface area contributed by atoms with Gasteiger partial charge in [-0.25, -0.2) is 0 Å². The Hall–Kier alpha value is -3.75. The summed E-state index contributed by atoms with van der Waals surface area (Å²) in [5.74, 6) is -2.47. The first-order chi connectivity index (χ1) is 19.9. The van der Waals surface area contributed by atoms with Gasteiger partial charge in [0.15, 0.2) is 0 Å². The van der Waals surface area contributed by atoms with Crippen LogP contribution in [-0.2, 0) is 32.2 Å². The maximum Gasteiger partial charge on any atom is 0.249 e. The first-order valence-corrected chi connectivity index (χ1v) is 14.5. The molecular formula is C33H37N3O5. The summed E-state index contributed by atoms with van der Waals surface area (Å²) in [4.78, 5) is 48.2. The lowest BCUT2D eigenvalue weighted by molar-refractivity contribution is -0.152. The number of nitrogens with zero attached hydrogens (tertiary/aromatic N) is 3. The molecule has 2 fully saturated rings. The van der Waals surface area contributed by atoms with Crippen LogP contribution in [-0.4, -0.2) is 81.0 Å². The van der Waals surface area contributed by atoms with E-state index in [1.54, 1.807) is 14.7 Å². The van der Waals surface area contributed by atoms with Crippen LogP contribution in [0.25, 0.3) is 0 Å². The van der Waals surface area contributed by atoms with Gasteiger partial charge in [-0.15, -0.1) is 0 Å². The summed E-state index contributed by atoms with van der Waals surface area (Å²) in [6, 6.07) is 17.9. The molecule has 3 amide bonds. The van der Waals surface area contributed by atoms with Gasteiger partial charge < -0.3 is 24.5 Å². The van der Waals surface area contributed by atoms with E-state index in [1.807, 2.05) is 98.8 Å². The van der Waals surface area contributed by atoms with Gasteiger partial charge in [0.1, 0.15) is 11.6 Å². The van der Waals surface area contributed by atoms with E-state index in [0.717, 1.165) is 11.1 Å². The Bertz CT molecular complexity index is 1360. The minimum atomic E-state index is -1.31. The number of aliphatic hydroxyl groups is 1. The van der Waals surface area contributed by atoms with Crippen LogP contribution in [0.1, 0.15) is 25.0 Å². The summed E-state index contributed by atoms with van der Waals surface area (Å²) in [6.45, 7) is 5.13. The van der Waals surface area contributed by atoms with Gasteiger partial charge in [-0.3, -0.25) is 14.4 Å². The second-order valence-corrected chi connectivity index (χ2v) is 11.8. The summed E-state index contributed by atoms with van der Waals surface area (Å²) in [5, 5.41) is 10.5. The normalized spacial score (nSPS) is 29.9. The highest BCUT2D eigenvalue weighted by atomic mass is 16.5. The van der Waals surface area contributed by atoms with E-state index < -0.39 is 35.6 Å². The zero-order valence-corrected chi connectivity index (χ0v) is 23.5. The Morgan fingerprint density at radius 3 is 2.02 bits per heavy atom. The third kappa shape index (κ3) is 4.59. The molecule has 6 rings (SSSR count). The Balaban J connectivity index is 1.40. The van der Waals surface area contributed by atoms with Gasteiger partial charge in [-0.1, -0.05) is 98.8 Å². The van der Waals surface area contributed by atoms with Gasteiger partial charge in [0.05, 0.1) is 30.6 Å². The van der Waals surface area contributed by atoms with Gasteiger partial charge in [-0.2, -0.15) is 0 Å². The summed E-state index contributed by atoms with van der Waals surface area (Å²) in [6.07, 6.45) is 6.93. The molecule has 0 saturated carbocycles. The molecule has 8 nitrogen and oxygen atoms in total. The highest BCUT2D eigenvalue weighted by molar-refractivity contribution is 6.00. The van der Waals surface area contributed by atoms with Crippen molar-refractivity contribution in [1.29, 1.82) is 0 Å². The number of ether oxygens (including phenoxy) is 1. The lowest BCUT2D eigenvalue weighted by atomic mass is 9.77. The quantitative estimate of drug-likeness (QED) is 0.531. The Morgan fingerprint density at radius 2 is 1.44 bits per heavy atom. The fraction of sp³-hybridized carbons (Fsp3) is 0.424. The first kappa shape index (κ1) is 27.4. The average molecular weight is 556 g/mol. The SMILES string of the molecule is CC(C)[C@H](CO)N1C(=O)[C@@H]2[C@@H]3C(=O)N(Cc4ccccc4)CC=C[C@@H]3O[C@@]23C=CCN(Cc2ccccc2)C(=O)C13. The van der Waals surface area contributed by atoms with Crippen LogP contribution in [0.3, 0.4) is 0 Å². The van der Waals surface area contributed by atoms with Crippen LogP contribution in [0.5, 0.6) is 0 Å². The highest BCUT2D eigenvalue weighted by Gasteiger charge is 2.72. The lowest BCUT2D eigenvalue weighted by Crippen LogP contribution is -2.59. The molecule has 2 aromatic carbocycles. The molecule has 0 aromatic heterocycles. The zero-order valence-electron chi connectivity index (χ0n) is 23.5. The number of rotatable bonds is 7. The standard InChI is InChI=1S/C33H37N3O5/c1-22(2)25(21-37)36-29-32(40)35(20-24-13-7-4-8-14-24)18-10-16-33(29)28(31(36)39)27-26(41-33)15-9-17-34(30(27)38)19-23-11-5-3-6-12-23/h3-16,22,25-29,37H,17-21H2,1-2H3/t25-,26-,27+,28-,29?,33-/m0/s1. The summed E-state index contributed by atoms with van der Waals surface area (Å²) in [5.41, 5.74) is 0.666. The van der Waals surface area contributed by atoms with Crippen LogP contribution in [0.2, 0.25) is 0 Å². The molecule has 4 heterocycles. The smallest absolute Gasteiger partial charge is 0.249 e. The van der Waals surface area contributed by atoms with E-state index in [9.17, 15) is 19.5 Å². The molecule has 214 valence electrons. The zero-order chi connectivity index (χ0) is 28.7. The van der Waals surface area contributed by atoms with E-state index in [-0.39, 0.29) is 30.2 Å². The summed E-state index contributed by atoms with van der Waals surface area (Å²) in [7, 11) is 0. The van der Waals surface area contributed by atoms with Crippen LogP contribution in [0.4, 0.5) is 0 Å². The summed E-state index contributed by atoms with van der Waals surface area (Å²) >= 11 is 0. The van der Waals surface area contributed by atoms with Gasteiger partial charge in [0.2, 0.25) is 17.7 Å². The molecule has 6 atom stereocenters. The van der Waals surface area contributed by atoms with Crippen molar-refractivity contribution < 1.29 is 24.2 Å². The van der Waals surface area contributed by atoms with Crippen molar-refractivity contribution in [3.05, 3.63) is 96.1 Å². The number of carbonyl (C=O) groups is 3. The molecule has 8 heteroatoms. The molecule has 0 radical (unpaired) electrons. The number of hydrogen-bond donors (Lipinski definition) is 1. The Kier molecular flexibility index (Phi) is 7.30. The molecule has 4 aliphatic rings. The third-order valence-corrected chi connectivity index (χ3v) is 9.01. The van der Waals surface area contributed by atoms with Gasteiger partial charge in [-0.05, 0) is 17.0 Å². The number of benzene rings is 2. The lowest BCUT2D eigenvalue weighted by Gasteiger charge is -2.39. The van der Waals surface area contributed by atoms with Crippen molar-refractivity contribution in [2.75, 3.05) is 19.7 Å². The minimum Gasteiger partial charge on any atom is -0.394 e. The fourth-order valence-corrected chi connectivity index (χ4v) is 7.04. The second kappa shape index (κ2) is 10.9. The van der Waals surface area contributed by atoms with E-state index in [4.69, 9.17) is 4.74 Å². The number of fused-ring (bicyclic) bond motifs is 2. The fourth-order valence-electron chi connectivity index (χ4n) is 7.04.